The van der Waals surface area contributed by atoms with Gasteiger partial charge in [0.15, 0.2) is 5.56 Å². The highest BCUT2D eigenvalue weighted by Crippen LogP contribution is 2.37. The lowest BCUT2D eigenvalue weighted by Crippen LogP contribution is -2.35. The standard InChI is InChI=1S/C27H28FN3O6/c1-35-20-8-5-9-21(36-2)24(20)31-22(15-37-17-10-11-17)29-25(32)23(27(31)34)26(33)30-13-12-16(14-30)18-6-3-4-7-19(18)28/h3-9,16-17,34H,10-15H2,1-2H3. The molecule has 2 heterocycles. The zero-order valence-electron chi connectivity index (χ0n) is 20.6. The number of hydrogen-bond acceptors (Lipinski definition) is 7. The Morgan fingerprint density at radius 2 is 1.78 bits per heavy atom. The molecule has 1 atom stereocenters. The fourth-order valence-corrected chi connectivity index (χ4v) is 4.71. The second-order valence-corrected chi connectivity index (χ2v) is 9.15. The normalized spacial score (nSPS) is 17.2. The fraction of sp³-hybridized carbons (Fsp3) is 0.370. The molecular formula is C27H28FN3O6. The molecule has 2 aromatic carbocycles. The first-order valence-electron chi connectivity index (χ1n) is 12.1. The molecule has 1 saturated carbocycles. The Labute approximate surface area is 213 Å². The largest absolute Gasteiger partial charge is 0.494 e. The molecule has 5 rings (SSSR count). The molecular weight excluding hydrogens is 481 g/mol. The van der Waals surface area contributed by atoms with E-state index in [2.05, 4.69) is 4.98 Å². The molecule has 10 heteroatoms. The number of para-hydroxylation sites is 1. The lowest BCUT2D eigenvalue weighted by atomic mass is 9.98. The fourth-order valence-electron chi connectivity index (χ4n) is 4.71. The number of methoxy groups -OCH3 is 2. The van der Waals surface area contributed by atoms with Crippen molar-refractivity contribution in [1.82, 2.24) is 14.5 Å². The highest BCUT2D eigenvalue weighted by molar-refractivity contribution is 5.96. The van der Waals surface area contributed by atoms with Crippen LogP contribution < -0.4 is 15.0 Å². The van der Waals surface area contributed by atoms with Crippen molar-refractivity contribution in [3.63, 3.8) is 0 Å². The van der Waals surface area contributed by atoms with Crippen LogP contribution in [0.1, 0.15) is 46.9 Å². The number of ether oxygens (including phenoxy) is 3. The van der Waals surface area contributed by atoms with E-state index in [9.17, 15) is 19.1 Å². The Hall–Kier alpha value is -3.92. The van der Waals surface area contributed by atoms with Crippen LogP contribution in [-0.4, -0.2) is 58.9 Å². The molecule has 0 bridgehead atoms. The van der Waals surface area contributed by atoms with Gasteiger partial charge in [0.1, 0.15) is 35.4 Å². The van der Waals surface area contributed by atoms with Crippen molar-refractivity contribution in [1.29, 1.82) is 0 Å². The van der Waals surface area contributed by atoms with Crippen molar-refractivity contribution in [2.24, 2.45) is 0 Å². The van der Waals surface area contributed by atoms with Crippen LogP contribution >= 0.6 is 0 Å². The molecule has 37 heavy (non-hydrogen) atoms. The Kier molecular flexibility index (Phi) is 6.84. The van der Waals surface area contributed by atoms with E-state index in [1.165, 1.54) is 29.8 Å². The third-order valence-electron chi connectivity index (χ3n) is 6.77. The smallest absolute Gasteiger partial charge is 0.289 e. The summed E-state index contributed by atoms with van der Waals surface area (Å²) in [6.07, 6.45) is 2.40. The summed E-state index contributed by atoms with van der Waals surface area (Å²) >= 11 is 0. The van der Waals surface area contributed by atoms with E-state index in [4.69, 9.17) is 14.2 Å². The van der Waals surface area contributed by atoms with Crippen LogP contribution in [0.5, 0.6) is 17.4 Å². The van der Waals surface area contributed by atoms with E-state index in [0.717, 1.165) is 12.8 Å². The molecule has 2 aliphatic rings. The van der Waals surface area contributed by atoms with Crippen LogP contribution in [-0.2, 0) is 11.3 Å². The third-order valence-corrected chi connectivity index (χ3v) is 6.77. The molecule has 3 aromatic rings. The van der Waals surface area contributed by atoms with E-state index in [-0.39, 0.29) is 42.5 Å². The summed E-state index contributed by atoms with van der Waals surface area (Å²) in [6.45, 7) is 0.465. The summed E-state index contributed by atoms with van der Waals surface area (Å²) in [6, 6.07) is 11.5. The molecule has 194 valence electrons. The van der Waals surface area contributed by atoms with Crippen molar-refractivity contribution in [3.05, 3.63) is 75.6 Å². The van der Waals surface area contributed by atoms with Gasteiger partial charge in [-0.1, -0.05) is 24.3 Å². The molecule has 1 amide bonds. The second kappa shape index (κ2) is 10.2. The summed E-state index contributed by atoms with van der Waals surface area (Å²) in [7, 11) is 2.93. The highest BCUT2D eigenvalue weighted by Gasteiger charge is 2.34. The second-order valence-electron chi connectivity index (χ2n) is 9.15. The number of aromatic hydroxyl groups is 1. The molecule has 2 fully saturated rings. The van der Waals surface area contributed by atoms with Crippen molar-refractivity contribution in [2.45, 2.75) is 37.9 Å². The Morgan fingerprint density at radius 1 is 1.08 bits per heavy atom. The number of benzene rings is 2. The van der Waals surface area contributed by atoms with Crippen LogP contribution in [0.25, 0.3) is 5.69 Å². The van der Waals surface area contributed by atoms with Crippen molar-refractivity contribution in [3.8, 4) is 23.1 Å². The zero-order chi connectivity index (χ0) is 26.1. The molecule has 9 nitrogen and oxygen atoms in total. The maximum absolute atomic E-state index is 14.3. The number of aromatic nitrogens is 2. The molecule has 1 unspecified atom stereocenters. The molecule has 1 N–H and O–H groups in total. The van der Waals surface area contributed by atoms with Gasteiger partial charge in [0.25, 0.3) is 11.5 Å². The van der Waals surface area contributed by atoms with Gasteiger partial charge in [-0.15, -0.1) is 0 Å². The summed E-state index contributed by atoms with van der Waals surface area (Å²) in [5, 5.41) is 11.4. The summed E-state index contributed by atoms with van der Waals surface area (Å²) in [4.78, 5) is 32.3. The van der Waals surface area contributed by atoms with E-state index in [0.29, 0.717) is 30.0 Å². The average molecular weight is 510 g/mol. The van der Waals surface area contributed by atoms with Gasteiger partial charge in [-0.05, 0) is 43.0 Å². The Morgan fingerprint density at radius 3 is 2.43 bits per heavy atom. The van der Waals surface area contributed by atoms with E-state index >= 15 is 0 Å². The van der Waals surface area contributed by atoms with Crippen molar-refractivity contribution >= 4 is 5.91 Å². The van der Waals surface area contributed by atoms with Crippen LogP contribution in [0.4, 0.5) is 4.39 Å². The Bertz CT molecular complexity index is 1360. The summed E-state index contributed by atoms with van der Waals surface area (Å²) < 4.78 is 32.4. The monoisotopic (exact) mass is 509 g/mol. The number of carbonyl (C=O) groups excluding carboxylic acids is 1. The first-order chi connectivity index (χ1) is 17.9. The number of nitrogens with zero attached hydrogens (tertiary/aromatic N) is 3. The SMILES string of the molecule is COc1cccc(OC)c1-n1c(COC2CC2)nc(=O)c(C(=O)N2CCC(c3ccccc3F)C2)c1O. The van der Waals surface area contributed by atoms with Gasteiger partial charge in [-0.3, -0.25) is 14.2 Å². The average Bonchev–Trinajstić information content (AvgIpc) is 3.60. The van der Waals surface area contributed by atoms with Gasteiger partial charge in [-0.25, -0.2) is 4.39 Å². The molecule has 1 aromatic heterocycles. The van der Waals surface area contributed by atoms with E-state index in [1.54, 1.807) is 36.4 Å². The zero-order valence-corrected chi connectivity index (χ0v) is 20.6. The lowest BCUT2D eigenvalue weighted by molar-refractivity contribution is 0.0780. The summed E-state index contributed by atoms with van der Waals surface area (Å²) in [5.41, 5.74) is -0.538. The molecule has 0 spiro atoms. The number of halogens is 1. The maximum atomic E-state index is 14.3. The quantitative estimate of drug-likeness (QED) is 0.497. The third kappa shape index (κ3) is 4.76. The maximum Gasteiger partial charge on any atom is 0.289 e. The predicted molar refractivity (Wildman–Crippen MR) is 132 cm³/mol. The topological polar surface area (TPSA) is 103 Å². The van der Waals surface area contributed by atoms with Crippen LogP contribution in [0, 0.1) is 5.82 Å². The van der Waals surface area contributed by atoms with Crippen LogP contribution in [0.15, 0.2) is 47.3 Å². The van der Waals surface area contributed by atoms with Gasteiger partial charge >= 0.3 is 0 Å². The minimum absolute atomic E-state index is 0.0534. The van der Waals surface area contributed by atoms with Gasteiger partial charge in [-0.2, -0.15) is 4.98 Å². The summed E-state index contributed by atoms with van der Waals surface area (Å²) in [5.74, 6) is -1.03. The minimum atomic E-state index is -0.864. The number of hydrogen-bond donors (Lipinski definition) is 1. The number of rotatable bonds is 8. The van der Waals surface area contributed by atoms with E-state index in [1.807, 2.05) is 0 Å². The van der Waals surface area contributed by atoms with Crippen LogP contribution in [0.3, 0.4) is 0 Å². The van der Waals surface area contributed by atoms with Gasteiger partial charge in [0.2, 0.25) is 5.88 Å². The first kappa shape index (κ1) is 24.8. The Balaban J connectivity index is 1.57. The van der Waals surface area contributed by atoms with Gasteiger partial charge in [0, 0.05) is 19.0 Å². The van der Waals surface area contributed by atoms with E-state index < -0.39 is 22.9 Å². The minimum Gasteiger partial charge on any atom is -0.494 e. The molecule has 1 aliphatic carbocycles. The van der Waals surface area contributed by atoms with Gasteiger partial charge in [0.05, 0.1) is 20.3 Å². The van der Waals surface area contributed by atoms with Crippen molar-refractivity contribution in [2.75, 3.05) is 27.3 Å². The molecule has 1 aliphatic heterocycles. The number of amides is 1. The lowest BCUT2D eigenvalue weighted by Gasteiger charge is -2.22. The molecule has 1 saturated heterocycles. The highest BCUT2D eigenvalue weighted by atomic mass is 19.1. The first-order valence-corrected chi connectivity index (χ1v) is 12.1. The van der Waals surface area contributed by atoms with Gasteiger partial charge < -0.3 is 24.2 Å². The predicted octanol–water partition coefficient (Wildman–Crippen LogP) is 3.40. The number of likely N-dealkylation sites (tertiary alicyclic amines) is 1. The van der Waals surface area contributed by atoms with Crippen molar-refractivity contribution < 1.29 is 28.5 Å². The molecule has 0 radical (unpaired) electrons. The number of carbonyl (C=O) groups is 1. The van der Waals surface area contributed by atoms with Crippen LogP contribution in [0.2, 0.25) is 0 Å².